The molecule has 0 aliphatic carbocycles. The third kappa shape index (κ3) is 4.63. The summed E-state index contributed by atoms with van der Waals surface area (Å²) < 4.78 is 2.51. The van der Waals surface area contributed by atoms with Crippen LogP contribution in [0.3, 0.4) is 0 Å². The molecule has 242 valence electrons. The number of rotatable bonds is 7. The summed E-state index contributed by atoms with van der Waals surface area (Å²) >= 11 is 0. The maximum absolute atomic E-state index is 2.51. The number of benzene rings is 7. The Bertz CT molecular complexity index is 2650. The van der Waals surface area contributed by atoms with Gasteiger partial charge < -0.3 is 14.2 Å². The molecule has 3 nitrogen and oxygen atoms in total. The molecule has 0 fully saturated rings. The topological polar surface area (TPSA) is 10.9 Å². The largest absolute Gasteiger partial charge is 0.310 e. The minimum absolute atomic E-state index is 1.14. The van der Waals surface area contributed by atoms with E-state index in [-0.39, 0.29) is 0 Å². The van der Waals surface area contributed by atoms with E-state index in [9.17, 15) is 0 Å². The highest BCUT2D eigenvalue weighted by Gasteiger charge is 2.28. The monoisotopic (exact) mass is 661 g/mol. The second-order valence-corrected chi connectivity index (χ2v) is 19.3. The van der Waals surface area contributed by atoms with Crippen molar-refractivity contribution < 1.29 is 0 Å². The van der Waals surface area contributed by atoms with E-state index in [1.54, 1.807) is 0 Å². The van der Waals surface area contributed by atoms with Gasteiger partial charge in [-0.25, -0.2) is 0 Å². The van der Waals surface area contributed by atoms with Crippen LogP contribution in [0.15, 0.2) is 164 Å². The highest BCUT2D eigenvalue weighted by Crippen LogP contribution is 2.49. The number of hydrogen-bond donors (Lipinski definition) is 0. The molecule has 0 unspecified atom stereocenters. The average molecular weight is 662 g/mol. The van der Waals surface area contributed by atoms with Crippen LogP contribution in [0.5, 0.6) is 0 Å². The minimum Gasteiger partial charge on any atom is -0.310 e. The number of aryl methyl sites for hydroxylation is 1. The first-order chi connectivity index (χ1) is 24.4. The van der Waals surface area contributed by atoms with Crippen LogP contribution >= 0.6 is 0 Å². The van der Waals surface area contributed by atoms with Gasteiger partial charge in [-0.05, 0) is 78.3 Å². The van der Waals surface area contributed by atoms with Crippen LogP contribution in [0.1, 0.15) is 5.56 Å². The summed E-state index contributed by atoms with van der Waals surface area (Å²) in [5.74, 6) is 0. The maximum Gasteiger partial charge on any atom is 0.0803 e. The van der Waals surface area contributed by atoms with Gasteiger partial charge in [0.15, 0.2) is 0 Å². The molecule has 0 N–H and O–H groups in total. The lowest BCUT2D eigenvalue weighted by molar-refractivity contribution is 1.26. The van der Waals surface area contributed by atoms with Crippen molar-refractivity contribution in [1.29, 1.82) is 0 Å². The zero-order chi connectivity index (χ0) is 34.0. The van der Waals surface area contributed by atoms with Gasteiger partial charge in [-0.2, -0.15) is 0 Å². The van der Waals surface area contributed by atoms with Crippen LogP contribution in [0.2, 0.25) is 19.6 Å². The number of aromatic nitrogens is 1. The van der Waals surface area contributed by atoms with Crippen molar-refractivity contribution in [3.8, 4) is 0 Å². The van der Waals surface area contributed by atoms with Gasteiger partial charge in [0.05, 0.1) is 36.0 Å². The first-order valence-electron chi connectivity index (χ1n) is 17.5. The maximum atomic E-state index is 2.51. The molecule has 9 rings (SSSR count). The molecular weight excluding hydrogens is 623 g/mol. The first kappa shape index (κ1) is 30.2. The number of anilines is 6. The minimum atomic E-state index is -1.70. The van der Waals surface area contributed by atoms with Crippen LogP contribution in [0, 0.1) is 6.92 Å². The van der Waals surface area contributed by atoms with E-state index in [0.717, 1.165) is 5.69 Å². The molecule has 0 spiro atoms. The van der Waals surface area contributed by atoms with Crippen molar-refractivity contribution in [3.05, 3.63) is 169 Å². The summed E-state index contributed by atoms with van der Waals surface area (Å²) in [6.45, 7) is 9.52. The molecule has 2 aromatic heterocycles. The predicted octanol–water partition coefficient (Wildman–Crippen LogP) is 12.6. The van der Waals surface area contributed by atoms with Gasteiger partial charge in [-0.15, -0.1) is 0 Å². The van der Waals surface area contributed by atoms with Crippen LogP contribution in [0.25, 0.3) is 38.1 Å². The predicted molar refractivity (Wildman–Crippen MR) is 218 cm³/mol. The lowest BCUT2D eigenvalue weighted by Gasteiger charge is -2.31. The van der Waals surface area contributed by atoms with E-state index in [2.05, 4.69) is 205 Å². The summed E-state index contributed by atoms with van der Waals surface area (Å²) in [6, 6.07) is 59.9. The Morgan fingerprint density at radius 2 is 0.860 bits per heavy atom. The quantitative estimate of drug-likeness (QED) is 0.157. The Labute approximate surface area is 294 Å². The lowest BCUT2D eigenvalue weighted by Crippen LogP contribution is -2.40. The molecule has 4 heteroatoms. The summed E-state index contributed by atoms with van der Waals surface area (Å²) in [4.78, 5) is 4.93. The molecule has 0 radical (unpaired) electrons. The van der Waals surface area contributed by atoms with Crippen molar-refractivity contribution in [1.82, 2.24) is 4.40 Å². The number of hydrogen-bond acceptors (Lipinski definition) is 2. The highest BCUT2D eigenvalue weighted by molar-refractivity contribution is 6.89. The second kappa shape index (κ2) is 11.6. The smallest absolute Gasteiger partial charge is 0.0803 e. The second-order valence-electron chi connectivity index (χ2n) is 14.3. The number of para-hydroxylation sites is 5. The van der Waals surface area contributed by atoms with E-state index in [0.29, 0.717) is 0 Å². The Morgan fingerprint density at radius 3 is 1.40 bits per heavy atom. The van der Waals surface area contributed by atoms with Gasteiger partial charge in [0.2, 0.25) is 0 Å². The lowest BCUT2D eigenvalue weighted by atomic mass is 10.0. The van der Waals surface area contributed by atoms with Gasteiger partial charge >= 0.3 is 0 Å². The Hall–Kier alpha value is -5.84. The van der Waals surface area contributed by atoms with Crippen LogP contribution in [-0.4, -0.2) is 12.5 Å². The molecule has 9 aromatic rings. The standard InChI is InChI=1S/C46H39N3Si/c1-32-18-11-12-25-37(32)47(33-19-7-5-8-20-33)39-27-16-29-41-44(39)35-23-15-24-36-45-40(28-17-30-42(45)49(41)46(35)36)48(34-21-9-6-10-22-34)38-26-13-14-31-43(38)50(2,3)4/h5-31H,1-4H3. The van der Waals surface area contributed by atoms with Gasteiger partial charge in [0.1, 0.15) is 0 Å². The van der Waals surface area contributed by atoms with Crippen LogP contribution in [-0.2, 0) is 0 Å². The molecular formula is C46H39N3Si. The van der Waals surface area contributed by atoms with Gasteiger partial charge in [-0.3, -0.25) is 0 Å². The normalized spacial score (nSPS) is 12.0. The summed E-state index contributed by atoms with van der Waals surface area (Å²) in [5.41, 5.74) is 12.1. The zero-order valence-electron chi connectivity index (χ0n) is 28.9. The van der Waals surface area contributed by atoms with Crippen molar-refractivity contribution in [2.24, 2.45) is 0 Å². The molecule has 0 aliphatic heterocycles. The summed E-state index contributed by atoms with van der Waals surface area (Å²) in [5, 5.41) is 6.51. The number of fused-ring (bicyclic) bond motifs is 6. The molecule has 2 heterocycles. The molecule has 0 atom stereocenters. The molecule has 0 amide bonds. The first-order valence-corrected chi connectivity index (χ1v) is 21.0. The average Bonchev–Trinajstić information content (AvgIpc) is 3.67. The van der Waals surface area contributed by atoms with Gasteiger partial charge in [0, 0.05) is 44.3 Å². The van der Waals surface area contributed by atoms with Crippen molar-refractivity contribution in [2.75, 3.05) is 9.80 Å². The fraction of sp³-hybridized carbons (Fsp3) is 0.0870. The van der Waals surface area contributed by atoms with E-state index < -0.39 is 8.07 Å². The van der Waals surface area contributed by atoms with Crippen LogP contribution < -0.4 is 15.0 Å². The molecule has 50 heavy (non-hydrogen) atoms. The Morgan fingerprint density at radius 1 is 0.420 bits per heavy atom. The molecule has 0 bridgehead atoms. The fourth-order valence-electron chi connectivity index (χ4n) is 8.00. The van der Waals surface area contributed by atoms with Crippen LogP contribution in [0.4, 0.5) is 34.1 Å². The fourth-order valence-corrected chi connectivity index (χ4v) is 9.56. The van der Waals surface area contributed by atoms with Crippen molar-refractivity contribution in [3.63, 3.8) is 0 Å². The Balaban J connectivity index is 1.37. The summed E-state index contributed by atoms with van der Waals surface area (Å²) in [6.07, 6.45) is 0. The third-order valence-corrected chi connectivity index (χ3v) is 12.2. The van der Waals surface area contributed by atoms with E-state index in [1.807, 2.05) is 0 Å². The Kier molecular flexibility index (Phi) is 7.04. The van der Waals surface area contributed by atoms with Gasteiger partial charge in [-0.1, -0.05) is 123 Å². The van der Waals surface area contributed by atoms with Gasteiger partial charge in [0.25, 0.3) is 0 Å². The molecule has 7 aromatic carbocycles. The van der Waals surface area contributed by atoms with Crippen molar-refractivity contribution >= 4 is 85.5 Å². The van der Waals surface area contributed by atoms with E-state index >= 15 is 0 Å². The highest BCUT2D eigenvalue weighted by atomic mass is 28.3. The number of nitrogens with zero attached hydrogens (tertiary/aromatic N) is 3. The van der Waals surface area contributed by atoms with Crippen molar-refractivity contribution in [2.45, 2.75) is 26.6 Å². The van der Waals surface area contributed by atoms with E-state index in [4.69, 9.17) is 0 Å². The third-order valence-electron chi connectivity index (χ3n) is 10.1. The van der Waals surface area contributed by atoms with E-state index in [1.165, 1.54) is 77.3 Å². The SMILES string of the molecule is Cc1ccccc1N(c1ccccc1)c1cccc2c1c1cccc3c4c(N(c5ccccc5)c5ccccc5[Si](C)(C)C)cccc4n2c13. The summed E-state index contributed by atoms with van der Waals surface area (Å²) in [7, 11) is -1.70. The molecule has 0 saturated heterocycles. The zero-order valence-corrected chi connectivity index (χ0v) is 29.9. The molecule has 0 saturated carbocycles. The molecule has 0 aliphatic rings.